The first-order valence-corrected chi connectivity index (χ1v) is 6.32. The molecule has 0 fully saturated rings. The van der Waals surface area contributed by atoms with E-state index < -0.39 is 23.8 Å². The van der Waals surface area contributed by atoms with Gasteiger partial charge in [-0.25, -0.2) is 4.39 Å². The van der Waals surface area contributed by atoms with Gasteiger partial charge < -0.3 is 15.3 Å². The number of aliphatic hydroxyl groups excluding tert-OH is 2. The summed E-state index contributed by atoms with van der Waals surface area (Å²) < 4.78 is 13.3. The van der Waals surface area contributed by atoms with Gasteiger partial charge in [-0.1, -0.05) is 11.8 Å². The lowest BCUT2D eigenvalue weighted by atomic mass is 10.0. The van der Waals surface area contributed by atoms with Crippen LogP contribution in [0.2, 0.25) is 0 Å². The Morgan fingerprint density at radius 2 is 2.11 bits per heavy atom. The Labute approximate surface area is 113 Å². The highest BCUT2D eigenvalue weighted by Gasteiger charge is 2.22. The van der Waals surface area contributed by atoms with Crippen LogP contribution in [0.25, 0.3) is 0 Å². The van der Waals surface area contributed by atoms with E-state index in [1.54, 1.807) is 0 Å². The van der Waals surface area contributed by atoms with Gasteiger partial charge in [0.05, 0.1) is 11.7 Å². The summed E-state index contributed by atoms with van der Waals surface area (Å²) in [4.78, 5) is 21.4. The largest absolute Gasteiger partial charge is 0.504 e. The van der Waals surface area contributed by atoms with Crippen LogP contribution in [0, 0.1) is 5.82 Å². The fourth-order valence-corrected chi connectivity index (χ4v) is 2.01. The van der Waals surface area contributed by atoms with Gasteiger partial charge in [-0.2, -0.15) is 0 Å². The Kier molecular flexibility index (Phi) is 5.46. The molecule has 0 saturated carbocycles. The molecule has 0 aliphatic carbocycles. The fourth-order valence-electron chi connectivity index (χ4n) is 1.42. The first-order chi connectivity index (χ1) is 8.86. The van der Waals surface area contributed by atoms with Crippen molar-refractivity contribution < 1.29 is 29.3 Å². The van der Waals surface area contributed by atoms with Gasteiger partial charge in [-0.3, -0.25) is 9.59 Å². The second-order valence-electron chi connectivity index (χ2n) is 3.87. The smallest absolute Gasteiger partial charge is 0.185 e. The summed E-state index contributed by atoms with van der Waals surface area (Å²) >= 11 is 0.818. The number of halogens is 1. The van der Waals surface area contributed by atoms with Gasteiger partial charge in [0.2, 0.25) is 0 Å². The number of rotatable bonds is 5. The number of aliphatic hydroxyl groups is 2. The molecule has 0 saturated heterocycles. The summed E-state index contributed by atoms with van der Waals surface area (Å²) in [6.45, 7) is 1.31. The predicted molar refractivity (Wildman–Crippen MR) is 67.6 cm³/mol. The minimum absolute atomic E-state index is 0.0472. The van der Waals surface area contributed by atoms with Crippen LogP contribution in [0.5, 0.6) is 5.75 Å². The summed E-state index contributed by atoms with van der Waals surface area (Å²) in [5.74, 6) is -1.93. The van der Waals surface area contributed by atoms with Crippen molar-refractivity contribution in [1.29, 1.82) is 0 Å². The van der Waals surface area contributed by atoms with Gasteiger partial charge >= 0.3 is 0 Å². The molecule has 0 aliphatic rings. The molecule has 5 nitrogen and oxygen atoms in total. The predicted octanol–water partition coefficient (Wildman–Crippen LogP) is 1.02. The Balaban J connectivity index is 2.93. The molecule has 1 aromatic carbocycles. The van der Waals surface area contributed by atoms with Crippen molar-refractivity contribution >= 4 is 23.2 Å². The highest BCUT2D eigenvalue weighted by molar-refractivity contribution is 8.13. The van der Waals surface area contributed by atoms with E-state index in [1.165, 1.54) is 6.92 Å². The summed E-state index contributed by atoms with van der Waals surface area (Å²) in [7, 11) is 0. The maximum absolute atomic E-state index is 13.3. The third-order valence-corrected chi connectivity index (χ3v) is 3.32. The molecular weight excluding hydrogens is 275 g/mol. The van der Waals surface area contributed by atoms with Gasteiger partial charge in [-0.05, 0) is 17.7 Å². The Hall–Kier alpha value is -1.44. The number of phenolic OH excluding ortho intramolecular Hbond substituents is 1. The molecule has 2 unspecified atom stereocenters. The molecule has 0 radical (unpaired) electrons. The van der Waals surface area contributed by atoms with Gasteiger partial charge in [0.25, 0.3) is 0 Å². The van der Waals surface area contributed by atoms with Crippen LogP contribution >= 0.6 is 11.8 Å². The lowest BCUT2D eigenvalue weighted by Gasteiger charge is -2.18. The standard InChI is InChI=1S/C12H13FO5S/c1-6(15)19-5-10(16)12(18)7-2-8(4-14)11(17)9(13)3-7/h2-4,10,12,16-18H,5H2,1H3. The van der Waals surface area contributed by atoms with Crippen LogP contribution in [-0.2, 0) is 4.79 Å². The fraction of sp³-hybridized carbons (Fsp3) is 0.333. The Morgan fingerprint density at radius 1 is 1.47 bits per heavy atom. The molecule has 0 spiro atoms. The molecule has 0 heterocycles. The van der Waals surface area contributed by atoms with Crippen molar-refractivity contribution in [2.24, 2.45) is 0 Å². The summed E-state index contributed by atoms with van der Waals surface area (Å²) in [6, 6.07) is 1.91. The molecule has 104 valence electrons. The van der Waals surface area contributed by atoms with Crippen molar-refractivity contribution in [2.75, 3.05) is 5.75 Å². The second kappa shape index (κ2) is 6.65. The molecule has 19 heavy (non-hydrogen) atoms. The van der Waals surface area contributed by atoms with Crippen molar-refractivity contribution in [2.45, 2.75) is 19.1 Å². The van der Waals surface area contributed by atoms with E-state index in [1.807, 2.05) is 0 Å². The number of thioether (sulfide) groups is 1. The molecule has 2 atom stereocenters. The normalized spacial score (nSPS) is 13.9. The molecule has 0 amide bonds. The maximum Gasteiger partial charge on any atom is 0.185 e. The average Bonchev–Trinajstić information content (AvgIpc) is 2.37. The van der Waals surface area contributed by atoms with E-state index in [-0.39, 0.29) is 28.3 Å². The molecule has 1 rings (SSSR count). The van der Waals surface area contributed by atoms with E-state index in [0.29, 0.717) is 0 Å². The number of carbonyl (C=O) groups is 2. The first-order valence-electron chi connectivity index (χ1n) is 5.34. The molecule has 0 aromatic heterocycles. The number of benzene rings is 1. The van der Waals surface area contributed by atoms with Crippen LogP contribution in [0.1, 0.15) is 28.9 Å². The highest BCUT2D eigenvalue weighted by atomic mass is 32.2. The van der Waals surface area contributed by atoms with Gasteiger partial charge in [0.15, 0.2) is 23.0 Å². The molecule has 0 bridgehead atoms. The number of hydrogen-bond acceptors (Lipinski definition) is 6. The Bertz CT molecular complexity index is 491. The Morgan fingerprint density at radius 3 is 2.63 bits per heavy atom. The molecule has 1 aromatic rings. The topological polar surface area (TPSA) is 94.8 Å². The second-order valence-corrected chi connectivity index (χ2v) is 5.07. The summed E-state index contributed by atoms with van der Waals surface area (Å²) in [5, 5.41) is 28.4. The zero-order valence-corrected chi connectivity index (χ0v) is 10.9. The van der Waals surface area contributed by atoms with E-state index >= 15 is 0 Å². The van der Waals surface area contributed by atoms with Crippen LogP contribution in [0.15, 0.2) is 12.1 Å². The number of aromatic hydroxyl groups is 1. The SMILES string of the molecule is CC(=O)SCC(O)C(O)c1cc(F)c(O)c(C=O)c1. The van der Waals surface area contributed by atoms with Crippen molar-refractivity contribution in [3.8, 4) is 5.75 Å². The van der Waals surface area contributed by atoms with Crippen molar-refractivity contribution in [3.05, 3.63) is 29.1 Å². The molecule has 7 heteroatoms. The van der Waals surface area contributed by atoms with Gasteiger partial charge in [0.1, 0.15) is 6.10 Å². The molecular formula is C12H13FO5S. The third-order valence-electron chi connectivity index (χ3n) is 2.41. The number of phenols is 1. The first kappa shape index (κ1) is 15.6. The minimum Gasteiger partial charge on any atom is -0.504 e. The lowest BCUT2D eigenvalue weighted by Crippen LogP contribution is -2.21. The van der Waals surface area contributed by atoms with E-state index in [9.17, 15) is 29.3 Å². The van der Waals surface area contributed by atoms with Crippen LogP contribution < -0.4 is 0 Å². The van der Waals surface area contributed by atoms with Gasteiger partial charge in [0, 0.05) is 12.7 Å². The van der Waals surface area contributed by atoms with Crippen molar-refractivity contribution in [3.63, 3.8) is 0 Å². The number of aldehydes is 1. The summed E-state index contributed by atoms with van der Waals surface area (Å²) in [6.07, 6.45) is -2.51. The third kappa shape index (κ3) is 4.02. The van der Waals surface area contributed by atoms with E-state index in [0.717, 1.165) is 23.9 Å². The molecule has 3 N–H and O–H groups in total. The average molecular weight is 288 g/mol. The monoisotopic (exact) mass is 288 g/mol. The summed E-state index contributed by atoms with van der Waals surface area (Å²) in [5.41, 5.74) is -0.366. The van der Waals surface area contributed by atoms with E-state index in [2.05, 4.69) is 0 Å². The van der Waals surface area contributed by atoms with Crippen LogP contribution in [0.4, 0.5) is 4.39 Å². The van der Waals surface area contributed by atoms with E-state index in [4.69, 9.17) is 0 Å². The minimum atomic E-state index is -1.46. The quantitative estimate of drug-likeness (QED) is 0.700. The number of hydrogen-bond donors (Lipinski definition) is 3. The zero-order valence-electron chi connectivity index (χ0n) is 10.0. The lowest BCUT2D eigenvalue weighted by molar-refractivity contribution is -0.109. The zero-order chi connectivity index (χ0) is 14.6. The van der Waals surface area contributed by atoms with Gasteiger partial charge in [-0.15, -0.1) is 0 Å². The molecule has 0 aliphatic heterocycles. The number of carbonyl (C=O) groups excluding carboxylic acids is 2. The van der Waals surface area contributed by atoms with Crippen LogP contribution in [0.3, 0.4) is 0 Å². The van der Waals surface area contributed by atoms with Crippen molar-refractivity contribution in [1.82, 2.24) is 0 Å². The maximum atomic E-state index is 13.3. The van der Waals surface area contributed by atoms with Crippen LogP contribution in [-0.4, -0.2) is 38.6 Å². The highest BCUT2D eigenvalue weighted by Crippen LogP contribution is 2.27.